The van der Waals surface area contributed by atoms with Crippen LogP contribution in [0.4, 0.5) is 0 Å². The maximum absolute atomic E-state index is 5.57. The van der Waals surface area contributed by atoms with E-state index < -0.39 is 0 Å². The van der Waals surface area contributed by atoms with Crippen molar-refractivity contribution in [2.24, 2.45) is 23.5 Å². The predicted octanol–water partition coefficient (Wildman–Crippen LogP) is 2.02. The van der Waals surface area contributed by atoms with Crippen molar-refractivity contribution >= 4 is 0 Å². The Hall–Kier alpha value is -0.0400. The second kappa shape index (κ2) is 3.38. The third-order valence-electron chi connectivity index (χ3n) is 2.93. The Balaban J connectivity index is 2.22. The molecular weight excluding hydrogens is 122 g/mol. The van der Waals surface area contributed by atoms with Crippen LogP contribution in [0.3, 0.4) is 0 Å². The maximum atomic E-state index is 5.57. The Kier molecular flexibility index (Phi) is 2.72. The lowest BCUT2D eigenvalue weighted by molar-refractivity contribution is 0.410. The smallest absolute Gasteiger partial charge is 0.00460 e. The fraction of sp³-hybridized carbons (Fsp3) is 1.00. The lowest BCUT2D eigenvalue weighted by atomic mass is 9.96. The third-order valence-corrected chi connectivity index (χ3v) is 2.93. The van der Waals surface area contributed by atoms with Crippen LogP contribution in [-0.4, -0.2) is 6.54 Å². The van der Waals surface area contributed by atoms with Crippen LogP contribution in [0.5, 0.6) is 0 Å². The molecule has 0 bridgehead atoms. The highest BCUT2D eigenvalue weighted by Crippen LogP contribution is 2.45. The number of rotatable bonds is 4. The van der Waals surface area contributed by atoms with Crippen molar-refractivity contribution in [3.8, 4) is 0 Å². The Bertz CT molecular complexity index is 96.9. The lowest BCUT2D eigenvalue weighted by Crippen LogP contribution is -2.07. The molecule has 2 N–H and O–H groups in total. The lowest BCUT2D eigenvalue weighted by Gasteiger charge is -2.10. The molecule has 2 atom stereocenters. The molecule has 1 nitrogen and oxygen atoms in total. The Labute approximate surface area is 64.0 Å². The van der Waals surface area contributed by atoms with E-state index in [2.05, 4.69) is 13.8 Å². The van der Waals surface area contributed by atoms with Gasteiger partial charge in [0.15, 0.2) is 0 Å². The molecule has 0 aromatic rings. The first-order valence-electron chi connectivity index (χ1n) is 4.53. The van der Waals surface area contributed by atoms with Crippen LogP contribution >= 0.6 is 0 Å². The van der Waals surface area contributed by atoms with Crippen LogP contribution < -0.4 is 5.73 Å². The minimum absolute atomic E-state index is 0.880. The first-order valence-corrected chi connectivity index (χ1v) is 4.53. The van der Waals surface area contributed by atoms with Gasteiger partial charge in [0.05, 0.1) is 0 Å². The average molecular weight is 141 g/mol. The molecule has 1 aliphatic carbocycles. The summed E-state index contributed by atoms with van der Waals surface area (Å²) in [7, 11) is 0. The monoisotopic (exact) mass is 141 g/mol. The summed E-state index contributed by atoms with van der Waals surface area (Å²) < 4.78 is 0. The maximum Gasteiger partial charge on any atom is -0.00460 e. The van der Waals surface area contributed by atoms with Gasteiger partial charge in [-0.05, 0) is 30.7 Å². The van der Waals surface area contributed by atoms with Gasteiger partial charge in [-0.1, -0.05) is 26.7 Å². The molecule has 0 radical (unpaired) electrons. The van der Waals surface area contributed by atoms with Crippen molar-refractivity contribution < 1.29 is 0 Å². The van der Waals surface area contributed by atoms with E-state index in [9.17, 15) is 0 Å². The van der Waals surface area contributed by atoms with E-state index in [1.165, 1.54) is 19.3 Å². The van der Waals surface area contributed by atoms with E-state index in [0.29, 0.717) is 0 Å². The molecule has 60 valence electrons. The highest BCUT2D eigenvalue weighted by Gasteiger charge is 2.39. The minimum atomic E-state index is 0.880. The molecule has 1 saturated carbocycles. The summed E-state index contributed by atoms with van der Waals surface area (Å²) in [5.74, 6) is 2.83. The van der Waals surface area contributed by atoms with Crippen LogP contribution in [0.25, 0.3) is 0 Å². The molecule has 1 aliphatic rings. The zero-order chi connectivity index (χ0) is 7.56. The SMILES string of the molecule is CCC(CC)[C@@H]1C[C@H]1CN. The molecule has 10 heavy (non-hydrogen) atoms. The Morgan fingerprint density at radius 2 is 2.00 bits per heavy atom. The first kappa shape index (κ1) is 8.06. The molecule has 0 spiro atoms. The van der Waals surface area contributed by atoms with Crippen LogP contribution in [0.1, 0.15) is 33.1 Å². The van der Waals surface area contributed by atoms with E-state index in [0.717, 1.165) is 24.3 Å². The van der Waals surface area contributed by atoms with Crippen molar-refractivity contribution in [1.29, 1.82) is 0 Å². The molecule has 1 rings (SSSR count). The second-order valence-electron chi connectivity index (χ2n) is 3.47. The summed E-state index contributed by atoms with van der Waals surface area (Å²) in [5.41, 5.74) is 5.57. The van der Waals surface area contributed by atoms with Crippen molar-refractivity contribution in [3.63, 3.8) is 0 Å². The molecule has 1 fully saturated rings. The fourth-order valence-electron chi connectivity index (χ4n) is 2.01. The summed E-state index contributed by atoms with van der Waals surface area (Å²) in [6, 6.07) is 0. The number of hydrogen-bond donors (Lipinski definition) is 1. The highest BCUT2D eigenvalue weighted by molar-refractivity contribution is 4.90. The van der Waals surface area contributed by atoms with Gasteiger partial charge in [0.1, 0.15) is 0 Å². The van der Waals surface area contributed by atoms with Crippen molar-refractivity contribution in [2.75, 3.05) is 6.54 Å². The standard InChI is InChI=1S/C9H19N/c1-3-7(4-2)9-5-8(9)6-10/h7-9H,3-6,10H2,1-2H3/t8-,9-/m0/s1. The largest absolute Gasteiger partial charge is 0.330 e. The number of nitrogens with two attached hydrogens (primary N) is 1. The molecule has 0 aliphatic heterocycles. The molecule has 0 amide bonds. The Morgan fingerprint density at radius 3 is 2.30 bits per heavy atom. The summed E-state index contributed by atoms with van der Waals surface area (Å²) in [6.45, 7) is 5.50. The fourth-order valence-corrected chi connectivity index (χ4v) is 2.01. The Morgan fingerprint density at radius 1 is 1.40 bits per heavy atom. The topological polar surface area (TPSA) is 26.0 Å². The normalized spacial score (nSPS) is 31.2. The van der Waals surface area contributed by atoms with Crippen molar-refractivity contribution in [3.05, 3.63) is 0 Å². The van der Waals surface area contributed by atoms with Gasteiger partial charge in [-0.3, -0.25) is 0 Å². The summed E-state index contributed by atoms with van der Waals surface area (Å²) in [5, 5.41) is 0. The summed E-state index contributed by atoms with van der Waals surface area (Å²) >= 11 is 0. The van der Waals surface area contributed by atoms with Gasteiger partial charge in [-0.25, -0.2) is 0 Å². The third kappa shape index (κ3) is 1.51. The average Bonchev–Trinajstić information content (AvgIpc) is 2.70. The summed E-state index contributed by atoms with van der Waals surface area (Å²) in [4.78, 5) is 0. The second-order valence-corrected chi connectivity index (χ2v) is 3.47. The zero-order valence-electron chi connectivity index (χ0n) is 7.14. The van der Waals surface area contributed by atoms with E-state index in [1.54, 1.807) is 0 Å². The van der Waals surface area contributed by atoms with E-state index in [4.69, 9.17) is 5.73 Å². The molecule has 0 aromatic carbocycles. The van der Waals surface area contributed by atoms with Gasteiger partial charge >= 0.3 is 0 Å². The molecule has 1 heteroatoms. The van der Waals surface area contributed by atoms with Crippen molar-refractivity contribution in [1.82, 2.24) is 0 Å². The molecule has 0 saturated heterocycles. The van der Waals surface area contributed by atoms with E-state index in [1.807, 2.05) is 0 Å². The predicted molar refractivity (Wildman–Crippen MR) is 44.7 cm³/mol. The molecule has 0 heterocycles. The van der Waals surface area contributed by atoms with Gasteiger partial charge < -0.3 is 5.73 Å². The quantitative estimate of drug-likeness (QED) is 0.637. The van der Waals surface area contributed by atoms with E-state index >= 15 is 0 Å². The van der Waals surface area contributed by atoms with Crippen molar-refractivity contribution in [2.45, 2.75) is 33.1 Å². The minimum Gasteiger partial charge on any atom is -0.330 e. The van der Waals surface area contributed by atoms with Gasteiger partial charge in [-0.15, -0.1) is 0 Å². The highest BCUT2D eigenvalue weighted by atomic mass is 14.6. The summed E-state index contributed by atoms with van der Waals surface area (Å²) in [6.07, 6.45) is 4.10. The molecular formula is C9H19N. The van der Waals surface area contributed by atoms with Gasteiger partial charge in [-0.2, -0.15) is 0 Å². The van der Waals surface area contributed by atoms with Crippen LogP contribution in [0.15, 0.2) is 0 Å². The zero-order valence-corrected chi connectivity index (χ0v) is 7.14. The van der Waals surface area contributed by atoms with E-state index in [-0.39, 0.29) is 0 Å². The molecule has 0 unspecified atom stereocenters. The van der Waals surface area contributed by atoms with Crippen LogP contribution in [-0.2, 0) is 0 Å². The number of hydrogen-bond acceptors (Lipinski definition) is 1. The molecule has 0 aromatic heterocycles. The van der Waals surface area contributed by atoms with Crippen LogP contribution in [0, 0.1) is 17.8 Å². The van der Waals surface area contributed by atoms with Gasteiger partial charge in [0, 0.05) is 0 Å². The first-order chi connectivity index (χ1) is 4.83. The van der Waals surface area contributed by atoms with Gasteiger partial charge in [0.25, 0.3) is 0 Å². The van der Waals surface area contributed by atoms with Crippen LogP contribution in [0.2, 0.25) is 0 Å². The van der Waals surface area contributed by atoms with Gasteiger partial charge in [0.2, 0.25) is 0 Å².